The molecule has 1 amide bonds. The first-order chi connectivity index (χ1) is 9.13. The zero-order valence-corrected chi connectivity index (χ0v) is 13.2. The zero-order valence-electron chi connectivity index (χ0n) is 10.8. The second kappa shape index (κ2) is 6.39. The predicted octanol–water partition coefficient (Wildman–Crippen LogP) is 4.17. The van der Waals surface area contributed by atoms with Gasteiger partial charge in [-0.2, -0.15) is 0 Å². The fourth-order valence-corrected chi connectivity index (χ4v) is 3.30. The van der Waals surface area contributed by atoms with Crippen LogP contribution in [-0.2, 0) is 0 Å². The van der Waals surface area contributed by atoms with E-state index in [-0.39, 0.29) is 5.91 Å². The van der Waals surface area contributed by atoms with Crippen molar-refractivity contribution < 1.29 is 4.79 Å². The molecule has 0 radical (unpaired) electrons. The summed E-state index contributed by atoms with van der Waals surface area (Å²) in [5, 5.41) is 3.87. The molecule has 3 N–H and O–H groups in total. The molecule has 19 heavy (non-hydrogen) atoms. The highest BCUT2D eigenvalue weighted by atomic mass is 79.9. The molecule has 0 aliphatic heterocycles. The lowest BCUT2D eigenvalue weighted by atomic mass is 10.2. The van der Waals surface area contributed by atoms with Crippen molar-refractivity contribution in [2.75, 3.05) is 12.3 Å². The second-order valence-corrected chi connectivity index (χ2v) is 6.42. The summed E-state index contributed by atoms with van der Waals surface area (Å²) in [5.74, 6) is -0.0640. The Labute approximate surface area is 125 Å². The molecule has 0 bridgehead atoms. The van der Waals surface area contributed by atoms with Gasteiger partial charge in [-0.1, -0.05) is 35.7 Å². The molecule has 0 aliphatic rings. The van der Waals surface area contributed by atoms with E-state index in [2.05, 4.69) is 28.2 Å². The Hall–Kier alpha value is -1.07. The summed E-state index contributed by atoms with van der Waals surface area (Å²) in [6, 6.07) is 5.89. The van der Waals surface area contributed by atoms with E-state index in [1.54, 1.807) is 0 Å². The molecule has 102 valence electrons. The van der Waals surface area contributed by atoms with E-state index >= 15 is 0 Å². The molecule has 0 unspecified atom stereocenters. The van der Waals surface area contributed by atoms with Crippen molar-refractivity contribution in [3.8, 4) is 0 Å². The third-order valence-corrected chi connectivity index (χ3v) is 4.64. The van der Waals surface area contributed by atoms with Crippen molar-refractivity contribution in [1.82, 2.24) is 5.32 Å². The van der Waals surface area contributed by atoms with E-state index in [9.17, 15) is 4.79 Å². The van der Waals surface area contributed by atoms with Gasteiger partial charge < -0.3 is 11.1 Å². The lowest BCUT2D eigenvalue weighted by Crippen LogP contribution is -2.24. The van der Waals surface area contributed by atoms with Crippen molar-refractivity contribution in [1.29, 1.82) is 0 Å². The van der Waals surface area contributed by atoms with E-state index in [1.165, 1.54) is 11.3 Å². The number of nitrogens with two attached hydrogens (primary N) is 1. The van der Waals surface area contributed by atoms with Crippen LogP contribution in [0.25, 0.3) is 10.1 Å². The van der Waals surface area contributed by atoms with Gasteiger partial charge in [-0.05, 0) is 24.6 Å². The number of amides is 1. The molecule has 2 rings (SSSR count). The Balaban J connectivity index is 2.16. The Bertz CT molecular complexity index is 594. The van der Waals surface area contributed by atoms with E-state index < -0.39 is 0 Å². The highest BCUT2D eigenvalue weighted by Crippen LogP contribution is 2.35. The molecule has 0 fully saturated rings. The Morgan fingerprint density at radius 2 is 2.21 bits per heavy atom. The summed E-state index contributed by atoms with van der Waals surface area (Å²) in [6.07, 6.45) is 3.29. The molecule has 5 heteroatoms. The highest BCUT2D eigenvalue weighted by Gasteiger charge is 2.15. The standard InChI is InChI=1S/C14H17BrN2OS/c1-2-3-4-7-17-14(18)13-12(16)10-8-9(15)5-6-11(10)19-13/h5-6,8H,2-4,7,16H2,1H3,(H,17,18). The van der Waals surface area contributed by atoms with Crippen LogP contribution in [0.3, 0.4) is 0 Å². The number of thiophene rings is 1. The average molecular weight is 341 g/mol. The Morgan fingerprint density at radius 3 is 2.95 bits per heavy atom. The number of hydrogen-bond donors (Lipinski definition) is 2. The molecular formula is C14H17BrN2OS. The van der Waals surface area contributed by atoms with Crippen LogP contribution >= 0.6 is 27.3 Å². The van der Waals surface area contributed by atoms with Crippen LogP contribution in [-0.4, -0.2) is 12.5 Å². The zero-order chi connectivity index (χ0) is 13.8. The number of hydrogen-bond acceptors (Lipinski definition) is 3. The molecular weight excluding hydrogens is 324 g/mol. The summed E-state index contributed by atoms with van der Waals surface area (Å²) in [5.41, 5.74) is 6.65. The SMILES string of the molecule is CCCCCNC(=O)c1sc2ccc(Br)cc2c1N. The van der Waals surface area contributed by atoms with Crippen LogP contribution in [0.2, 0.25) is 0 Å². The molecule has 0 spiro atoms. The van der Waals surface area contributed by atoms with Gasteiger partial charge in [0.25, 0.3) is 5.91 Å². The van der Waals surface area contributed by atoms with Crippen LogP contribution < -0.4 is 11.1 Å². The first-order valence-corrected chi connectivity index (χ1v) is 8.00. The number of nitrogen functional groups attached to an aromatic ring is 1. The van der Waals surface area contributed by atoms with E-state index in [0.29, 0.717) is 17.1 Å². The van der Waals surface area contributed by atoms with E-state index in [0.717, 1.165) is 33.8 Å². The summed E-state index contributed by atoms with van der Waals surface area (Å²) in [4.78, 5) is 12.7. The van der Waals surface area contributed by atoms with Gasteiger partial charge in [0.15, 0.2) is 0 Å². The summed E-state index contributed by atoms with van der Waals surface area (Å²) in [6.45, 7) is 2.85. The van der Waals surface area contributed by atoms with Crippen LogP contribution in [0, 0.1) is 0 Å². The van der Waals surface area contributed by atoms with Crippen LogP contribution in [0.5, 0.6) is 0 Å². The number of benzene rings is 1. The third-order valence-electron chi connectivity index (χ3n) is 2.96. The number of halogens is 1. The minimum absolute atomic E-state index is 0.0640. The highest BCUT2D eigenvalue weighted by molar-refractivity contribution is 9.10. The van der Waals surface area contributed by atoms with Gasteiger partial charge in [0.1, 0.15) is 4.88 Å². The molecule has 0 saturated carbocycles. The van der Waals surface area contributed by atoms with Crippen molar-refractivity contribution in [3.63, 3.8) is 0 Å². The Morgan fingerprint density at radius 1 is 1.42 bits per heavy atom. The summed E-state index contributed by atoms with van der Waals surface area (Å²) < 4.78 is 2.01. The summed E-state index contributed by atoms with van der Waals surface area (Å²) in [7, 11) is 0. The van der Waals surface area contributed by atoms with Crippen LogP contribution in [0.4, 0.5) is 5.69 Å². The predicted molar refractivity (Wildman–Crippen MR) is 85.8 cm³/mol. The largest absolute Gasteiger partial charge is 0.397 e. The number of carbonyl (C=O) groups excluding carboxylic acids is 1. The molecule has 1 aromatic heterocycles. The van der Waals surface area contributed by atoms with Gasteiger partial charge in [0.2, 0.25) is 0 Å². The average Bonchev–Trinajstić information content (AvgIpc) is 2.72. The minimum atomic E-state index is -0.0640. The van der Waals surface area contributed by atoms with Gasteiger partial charge in [-0.3, -0.25) is 4.79 Å². The van der Waals surface area contributed by atoms with E-state index in [4.69, 9.17) is 5.73 Å². The number of anilines is 1. The molecule has 2 aromatic rings. The van der Waals surface area contributed by atoms with Gasteiger partial charge in [0.05, 0.1) is 5.69 Å². The number of nitrogens with one attached hydrogen (secondary N) is 1. The van der Waals surface area contributed by atoms with Gasteiger partial charge in [-0.25, -0.2) is 0 Å². The summed E-state index contributed by atoms with van der Waals surface area (Å²) >= 11 is 4.87. The fourth-order valence-electron chi connectivity index (χ4n) is 1.91. The van der Waals surface area contributed by atoms with Crippen LogP contribution in [0.1, 0.15) is 35.9 Å². The molecule has 0 saturated heterocycles. The number of carbonyl (C=O) groups is 1. The fraction of sp³-hybridized carbons (Fsp3) is 0.357. The molecule has 1 heterocycles. The maximum atomic E-state index is 12.1. The second-order valence-electron chi connectivity index (χ2n) is 4.45. The van der Waals surface area contributed by atoms with Gasteiger partial charge >= 0.3 is 0 Å². The first-order valence-electron chi connectivity index (χ1n) is 6.39. The monoisotopic (exact) mass is 340 g/mol. The van der Waals surface area contributed by atoms with Crippen molar-refractivity contribution in [2.45, 2.75) is 26.2 Å². The number of unbranched alkanes of at least 4 members (excludes halogenated alkanes) is 2. The first kappa shape index (κ1) is 14.3. The van der Waals surface area contributed by atoms with Gasteiger partial charge in [-0.15, -0.1) is 11.3 Å². The normalized spacial score (nSPS) is 10.8. The maximum absolute atomic E-state index is 12.1. The number of rotatable bonds is 5. The maximum Gasteiger partial charge on any atom is 0.263 e. The lowest BCUT2D eigenvalue weighted by Gasteiger charge is -2.03. The van der Waals surface area contributed by atoms with Crippen molar-refractivity contribution >= 4 is 48.9 Å². The smallest absolute Gasteiger partial charge is 0.263 e. The molecule has 3 nitrogen and oxygen atoms in total. The number of fused-ring (bicyclic) bond motifs is 1. The van der Waals surface area contributed by atoms with Crippen molar-refractivity contribution in [2.24, 2.45) is 0 Å². The molecule has 0 atom stereocenters. The Kier molecular flexibility index (Phi) is 4.82. The quantitative estimate of drug-likeness (QED) is 0.802. The molecule has 0 aliphatic carbocycles. The molecule has 1 aromatic carbocycles. The van der Waals surface area contributed by atoms with Gasteiger partial charge in [0, 0.05) is 21.1 Å². The van der Waals surface area contributed by atoms with Crippen LogP contribution in [0.15, 0.2) is 22.7 Å². The minimum Gasteiger partial charge on any atom is -0.397 e. The van der Waals surface area contributed by atoms with E-state index in [1.807, 2.05) is 18.2 Å². The van der Waals surface area contributed by atoms with Crippen molar-refractivity contribution in [3.05, 3.63) is 27.5 Å². The third kappa shape index (κ3) is 3.28. The topological polar surface area (TPSA) is 55.1 Å². The lowest BCUT2D eigenvalue weighted by molar-refractivity contribution is 0.0958.